The smallest absolute Gasteiger partial charge is 0.313 e. The van der Waals surface area contributed by atoms with Crippen molar-refractivity contribution < 1.29 is 14.3 Å². The summed E-state index contributed by atoms with van der Waals surface area (Å²) in [5, 5.41) is 11.4. The van der Waals surface area contributed by atoms with Crippen LogP contribution in [0.2, 0.25) is 0 Å². The van der Waals surface area contributed by atoms with Crippen LogP contribution in [-0.4, -0.2) is 30.8 Å². The Kier molecular flexibility index (Phi) is 3.75. The summed E-state index contributed by atoms with van der Waals surface area (Å²) in [7, 11) is 0. The van der Waals surface area contributed by atoms with Gasteiger partial charge in [0.25, 0.3) is 0 Å². The summed E-state index contributed by atoms with van der Waals surface area (Å²) < 4.78 is 12.2. The van der Waals surface area contributed by atoms with Gasteiger partial charge in [0.15, 0.2) is 0 Å². The van der Waals surface area contributed by atoms with E-state index in [2.05, 4.69) is 5.32 Å². The highest BCUT2D eigenvalue weighted by atomic mass is 35.5. The second-order valence-corrected chi connectivity index (χ2v) is 2.65. The molecule has 0 bridgehead atoms. The van der Waals surface area contributed by atoms with Crippen molar-refractivity contribution in [3.05, 3.63) is 0 Å². The van der Waals surface area contributed by atoms with Gasteiger partial charge in [-0.15, -0.1) is 12.4 Å². The van der Waals surface area contributed by atoms with Gasteiger partial charge in [-0.25, -0.2) is 4.39 Å². The van der Waals surface area contributed by atoms with Gasteiger partial charge in [-0.05, 0) is 13.0 Å². The molecular formula is C6H11ClFNO2. The van der Waals surface area contributed by atoms with Crippen LogP contribution in [0.5, 0.6) is 0 Å². The number of alkyl halides is 1. The van der Waals surface area contributed by atoms with Gasteiger partial charge in [0, 0.05) is 6.54 Å². The van der Waals surface area contributed by atoms with E-state index in [0.717, 1.165) is 0 Å². The largest absolute Gasteiger partial charge is 0.481 e. The Hall–Kier alpha value is -0.350. The Bertz CT molecular complexity index is 148. The van der Waals surface area contributed by atoms with E-state index in [-0.39, 0.29) is 19.0 Å². The molecule has 1 saturated heterocycles. The zero-order chi connectivity index (χ0) is 7.61. The lowest BCUT2D eigenvalue weighted by molar-refractivity contribution is -0.148. The van der Waals surface area contributed by atoms with Gasteiger partial charge in [-0.1, -0.05) is 0 Å². The molecule has 3 nitrogen and oxygen atoms in total. The lowest BCUT2D eigenvalue weighted by atomic mass is 9.89. The van der Waals surface area contributed by atoms with Gasteiger partial charge in [-0.2, -0.15) is 0 Å². The van der Waals surface area contributed by atoms with Gasteiger partial charge in [-0.3, -0.25) is 4.79 Å². The monoisotopic (exact) mass is 183 g/mol. The molecular weight excluding hydrogens is 173 g/mol. The standard InChI is InChI=1S/C6H10FNO2.ClH/c7-3-6(5(9)10)1-2-8-4-6;/h8H,1-4H2,(H,9,10);1H. The van der Waals surface area contributed by atoms with Crippen LogP contribution < -0.4 is 5.32 Å². The zero-order valence-electron chi connectivity index (χ0n) is 5.97. The molecule has 0 aromatic heterocycles. The topological polar surface area (TPSA) is 49.3 Å². The maximum Gasteiger partial charge on any atom is 0.313 e. The number of hydrogen-bond donors (Lipinski definition) is 2. The van der Waals surface area contributed by atoms with Gasteiger partial charge in [0.2, 0.25) is 0 Å². The summed E-state index contributed by atoms with van der Waals surface area (Å²) in [6.45, 7) is 0.102. The van der Waals surface area contributed by atoms with Crippen LogP contribution in [0.15, 0.2) is 0 Å². The molecule has 1 unspecified atom stereocenters. The maximum absolute atomic E-state index is 12.2. The fraction of sp³-hybridized carbons (Fsp3) is 0.833. The van der Waals surface area contributed by atoms with Crippen molar-refractivity contribution in [2.24, 2.45) is 5.41 Å². The number of hydrogen-bond acceptors (Lipinski definition) is 2. The summed E-state index contributed by atoms with van der Waals surface area (Å²) in [6.07, 6.45) is 0.402. The Labute approximate surface area is 70.4 Å². The predicted octanol–water partition coefficient (Wildman–Crippen LogP) is 0.442. The van der Waals surface area contributed by atoms with Crippen molar-refractivity contribution in [2.75, 3.05) is 19.8 Å². The normalized spacial score (nSPS) is 29.5. The average molecular weight is 184 g/mol. The summed E-state index contributed by atoms with van der Waals surface area (Å²) in [5.41, 5.74) is -1.12. The number of carbonyl (C=O) groups is 1. The third-order valence-electron chi connectivity index (χ3n) is 1.95. The highest BCUT2D eigenvalue weighted by Gasteiger charge is 2.41. The molecule has 66 valence electrons. The Balaban J connectivity index is 0.000001000. The molecule has 5 heteroatoms. The van der Waals surface area contributed by atoms with Crippen LogP contribution in [0.3, 0.4) is 0 Å². The second kappa shape index (κ2) is 3.88. The fourth-order valence-corrected chi connectivity index (χ4v) is 1.10. The summed E-state index contributed by atoms with van der Waals surface area (Å²) >= 11 is 0. The minimum absolute atomic E-state index is 0. The van der Waals surface area contributed by atoms with E-state index in [0.29, 0.717) is 13.0 Å². The average Bonchev–Trinajstić information content (AvgIpc) is 2.35. The first-order valence-electron chi connectivity index (χ1n) is 3.21. The van der Waals surface area contributed by atoms with E-state index < -0.39 is 18.1 Å². The van der Waals surface area contributed by atoms with Gasteiger partial charge in [0.05, 0.1) is 0 Å². The molecule has 2 N–H and O–H groups in total. The molecule has 1 atom stereocenters. The van der Waals surface area contributed by atoms with E-state index in [1.807, 2.05) is 0 Å². The maximum atomic E-state index is 12.2. The van der Waals surface area contributed by atoms with Crippen molar-refractivity contribution >= 4 is 18.4 Å². The van der Waals surface area contributed by atoms with E-state index in [1.165, 1.54) is 0 Å². The van der Waals surface area contributed by atoms with Crippen LogP contribution in [-0.2, 0) is 4.79 Å². The molecule has 0 aromatic carbocycles. The second-order valence-electron chi connectivity index (χ2n) is 2.65. The van der Waals surface area contributed by atoms with Crippen molar-refractivity contribution in [2.45, 2.75) is 6.42 Å². The number of nitrogens with one attached hydrogen (secondary N) is 1. The summed E-state index contributed by atoms with van der Waals surface area (Å²) in [5.74, 6) is -1.03. The van der Waals surface area contributed by atoms with Crippen molar-refractivity contribution in [3.8, 4) is 0 Å². The minimum atomic E-state index is -1.12. The number of halogens is 2. The van der Waals surface area contributed by atoms with Crippen LogP contribution in [0.1, 0.15) is 6.42 Å². The lowest BCUT2D eigenvalue weighted by Crippen LogP contribution is -2.35. The molecule has 1 fully saturated rings. The number of carboxylic acids is 1. The van der Waals surface area contributed by atoms with E-state index in [4.69, 9.17) is 5.11 Å². The molecule has 0 amide bonds. The Morgan fingerprint density at radius 1 is 1.73 bits per heavy atom. The first-order chi connectivity index (χ1) is 4.71. The molecule has 1 aliphatic rings. The fourth-order valence-electron chi connectivity index (χ4n) is 1.10. The van der Waals surface area contributed by atoms with Crippen LogP contribution in [0, 0.1) is 5.41 Å². The van der Waals surface area contributed by atoms with Crippen LogP contribution in [0.4, 0.5) is 4.39 Å². The van der Waals surface area contributed by atoms with Gasteiger partial charge >= 0.3 is 5.97 Å². The van der Waals surface area contributed by atoms with Gasteiger partial charge < -0.3 is 10.4 Å². The molecule has 0 spiro atoms. The molecule has 1 rings (SSSR count). The van der Waals surface area contributed by atoms with E-state index in [1.54, 1.807) is 0 Å². The molecule has 1 heterocycles. The van der Waals surface area contributed by atoms with Gasteiger partial charge in [0.1, 0.15) is 12.1 Å². The van der Waals surface area contributed by atoms with Crippen molar-refractivity contribution in [3.63, 3.8) is 0 Å². The predicted molar refractivity (Wildman–Crippen MR) is 40.8 cm³/mol. The molecule has 0 saturated carbocycles. The number of aliphatic carboxylic acids is 1. The third kappa shape index (κ3) is 1.81. The first-order valence-corrected chi connectivity index (χ1v) is 3.21. The highest BCUT2D eigenvalue weighted by Crippen LogP contribution is 2.25. The highest BCUT2D eigenvalue weighted by molar-refractivity contribution is 5.85. The number of carboxylic acid groups (broad SMARTS) is 1. The molecule has 0 aliphatic carbocycles. The lowest BCUT2D eigenvalue weighted by Gasteiger charge is -2.17. The molecule has 0 radical (unpaired) electrons. The summed E-state index contributed by atoms with van der Waals surface area (Å²) in [6, 6.07) is 0. The molecule has 1 aliphatic heterocycles. The quantitative estimate of drug-likeness (QED) is 0.653. The molecule has 11 heavy (non-hydrogen) atoms. The molecule has 0 aromatic rings. The Morgan fingerprint density at radius 3 is 2.55 bits per heavy atom. The minimum Gasteiger partial charge on any atom is -0.481 e. The summed E-state index contributed by atoms with van der Waals surface area (Å²) in [4.78, 5) is 10.5. The van der Waals surface area contributed by atoms with Crippen molar-refractivity contribution in [1.82, 2.24) is 5.32 Å². The first kappa shape index (κ1) is 10.7. The number of rotatable bonds is 2. The SMILES string of the molecule is Cl.O=C(O)C1(CF)CCNC1. The van der Waals surface area contributed by atoms with Crippen LogP contribution >= 0.6 is 12.4 Å². The zero-order valence-corrected chi connectivity index (χ0v) is 6.79. The Morgan fingerprint density at radius 2 is 2.36 bits per heavy atom. The van der Waals surface area contributed by atoms with E-state index >= 15 is 0 Å². The van der Waals surface area contributed by atoms with Crippen molar-refractivity contribution in [1.29, 1.82) is 0 Å². The third-order valence-corrected chi connectivity index (χ3v) is 1.95. The van der Waals surface area contributed by atoms with Crippen LogP contribution in [0.25, 0.3) is 0 Å². The van der Waals surface area contributed by atoms with E-state index in [9.17, 15) is 9.18 Å².